The summed E-state index contributed by atoms with van der Waals surface area (Å²) >= 11 is 3.48. The van der Waals surface area contributed by atoms with Crippen LogP contribution in [0, 0.1) is 0 Å². The normalized spacial score (nSPS) is 12.7. The molecule has 2 N–H and O–H groups in total. The molecule has 0 amide bonds. The van der Waals surface area contributed by atoms with Gasteiger partial charge < -0.3 is 5.73 Å². The maximum absolute atomic E-state index is 6.12. The van der Waals surface area contributed by atoms with E-state index in [1.807, 2.05) is 0 Å². The third-order valence-corrected chi connectivity index (χ3v) is 3.31. The van der Waals surface area contributed by atoms with Crippen LogP contribution in [0.15, 0.2) is 28.7 Å². The third-order valence-electron chi connectivity index (χ3n) is 2.82. The largest absolute Gasteiger partial charge is 0.327 e. The third kappa shape index (κ3) is 5.66. The lowest BCUT2D eigenvalue weighted by atomic mass is 10.0. The number of halogens is 1. The molecule has 0 aromatic heterocycles. The zero-order chi connectivity index (χ0) is 11.8. The first-order chi connectivity index (χ1) is 7.72. The molecule has 16 heavy (non-hydrogen) atoms. The summed E-state index contributed by atoms with van der Waals surface area (Å²) in [5.74, 6) is 0. The second-order valence-electron chi connectivity index (χ2n) is 4.44. The van der Waals surface area contributed by atoms with E-state index >= 15 is 0 Å². The highest BCUT2D eigenvalue weighted by Crippen LogP contribution is 2.14. The molecule has 0 aliphatic heterocycles. The topological polar surface area (TPSA) is 26.0 Å². The van der Waals surface area contributed by atoms with Crippen LogP contribution in [0.2, 0.25) is 0 Å². The van der Waals surface area contributed by atoms with Gasteiger partial charge in [0.2, 0.25) is 0 Å². The van der Waals surface area contributed by atoms with E-state index in [9.17, 15) is 0 Å². The first kappa shape index (κ1) is 13.7. The van der Waals surface area contributed by atoms with Crippen LogP contribution in [-0.2, 0) is 6.42 Å². The zero-order valence-electron chi connectivity index (χ0n) is 10.1. The summed E-state index contributed by atoms with van der Waals surface area (Å²) in [5, 5.41) is 0. The number of nitrogens with two attached hydrogens (primary N) is 1. The van der Waals surface area contributed by atoms with Gasteiger partial charge in [0.05, 0.1) is 0 Å². The standard InChI is InChI=1S/C14H22BrN/c1-2-3-4-5-9-14(16)11-12-7-6-8-13(15)10-12/h6-8,10,14H,2-5,9,11,16H2,1H3. The predicted octanol–water partition coefficient (Wildman–Crippen LogP) is 4.29. The fourth-order valence-electron chi connectivity index (χ4n) is 1.90. The summed E-state index contributed by atoms with van der Waals surface area (Å²) in [6, 6.07) is 8.74. The van der Waals surface area contributed by atoms with Crippen molar-refractivity contribution in [2.45, 2.75) is 51.5 Å². The summed E-state index contributed by atoms with van der Waals surface area (Å²) in [5.41, 5.74) is 7.45. The number of hydrogen-bond acceptors (Lipinski definition) is 1. The summed E-state index contributed by atoms with van der Waals surface area (Å²) in [6.45, 7) is 2.24. The lowest BCUT2D eigenvalue weighted by Crippen LogP contribution is -2.22. The van der Waals surface area contributed by atoms with Gasteiger partial charge in [-0.25, -0.2) is 0 Å². The van der Waals surface area contributed by atoms with Gasteiger partial charge in [0.1, 0.15) is 0 Å². The number of rotatable bonds is 7. The highest BCUT2D eigenvalue weighted by molar-refractivity contribution is 9.10. The molecule has 90 valence electrons. The summed E-state index contributed by atoms with van der Waals surface area (Å²) < 4.78 is 1.14. The van der Waals surface area contributed by atoms with Crippen LogP contribution in [0.5, 0.6) is 0 Å². The van der Waals surface area contributed by atoms with Crippen molar-refractivity contribution < 1.29 is 0 Å². The molecule has 0 fully saturated rings. The van der Waals surface area contributed by atoms with Crippen molar-refractivity contribution in [3.63, 3.8) is 0 Å². The van der Waals surface area contributed by atoms with Gasteiger partial charge in [0.15, 0.2) is 0 Å². The predicted molar refractivity (Wildman–Crippen MR) is 74.6 cm³/mol. The van der Waals surface area contributed by atoms with Gasteiger partial charge in [-0.3, -0.25) is 0 Å². The zero-order valence-corrected chi connectivity index (χ0v) is 11.7. The molecule has 0 aliphatic carbocycles. The Kier molecular flexibility index (Phi) is 6.74. The van der Waals surface area contributed by atoms with Crippen LogP contribution in [0.4, 0.5) is 0 Å². The van der Waals surface area contributed by atoms with E-state index in [4.69, 9.17) is 5.73 Å². The second-order valence-corrected chi connectivity index (χ2v) is 5.36. The van der Waals surface area contributed by atoms with Gasteiger partial charge in [-0.05, 0) is 30.5 Å². The first-order valence-electron chi connectivity index (χ1n) is 6.22. The maximum atomic E-state index is 6.12. The molecule has 0 bridgehead atoms. The van der Waals surface area contributed by atoms with Crippen molar-refractivity contribution in [3.8, 4) is 0 Å². The van der Waals surface area contributed by atoms with Gasteiger partial charge in [-0.2, -0.15) is 0 Å². The van der Waals surface area contributed by atoms with Crippen LogP contribution >= 0.6 is 15.9 Å². The highest BCUT2D eigenvalue weighted by atomic mass is 79.9. The van der Waals surface area contributed by atoms with Crippen LogP contribution in [0.1, 0.15) is 44.6 Å². The van der Waals surface area contributed by atoms with Gasteiger partial charge in [-0.15, -0.1) is 0 Å². The molecule has 0 spiro atoms. The summed E-state index contributed by atoms with van der Waals surface area (Å²) in [7, 11) is 0. The van der Waals surface area contributed by atoms with Gasteiger partial charge >= 0.3 is 0 Å². The Balaban J connectivity index is 2.25. The van der Waals surface area contributed by atoms with Crippen molar-refractivity contribution in [2.24, 2.45) is 5.73 Å². The molecule has 1 aromatic rings. The number of hydrogen-bond donors (Lipinski definition) is 1. The van der Waals surface area contributed by atoms with E-state index in [1.165, 1.54) is 31.2 Å². The quantitative estimate of drug-likeness (QED) is 0.743. The van der Waals surface area contributed by atoms with E-state index in [2.05, 4.69) is 47.1 Å². The minimum atomic E-state index is 0.311. The molecule has 0 heterocycles. The summed E-state index contributed by atoms with van der Waals surface area (Å²) in [6.07, 6.45) is 7.36. The fourth-order valence-corrected chi connectivity index (χ4v) is 2.35. The van der Waals surface area contributed by atoms with Crippen molar-refractivity contribution in [1.29, 1.82) is 0 Å². The Bertz CT molecular complexity index is 299. The van der Waals surface area contributed by atoms with Crippen LogP contribution < -0.4 is 5.73 Å². The molecule has 0 aliphatic rings. The summed E-state index contributed by atoms with van der Waals surface area (Å²) in [4.78, 5) is 0. The highest BCUT2D eigenvalue weighted by Gasteiger charge is 2.04. The SMILES string of the molecule is CCCCCCC(N)Cc1cccc(Br)c1. The molecular formula is C14H22BrN. The molecule has 1 nitrogen and oxygen atoms in total. The Morgan fingerprint density at radius 3 is 2.75 bits per heavy atom. The number of unbranched alkanes of at least 4 members (excludes halogenated alkanes) is 3. The van der Waals surface area contributed by atoms with Crippen LogP contribution in [0.3, 0.4) is 0 Å². The molecule has 0 radical (unpaired) electrons. The van der Waals surface area contributed by atoms with E-state index in [-0.39, 0.29) is 0 Å². The molecule has 0 saturated heterocycles. The minimum absolute atomic E-state index is 0.311. The second kappa shape index (κ2) is 7.86. The average molecular weight is 284 g/mol. The Morgan fingerprint density at radius 1 is 1.25 bits per heavy atom. The lowest BCUT2D eigenvalue weighted by Gasteiger charge is -2.11. The molecule has 0 saturated carbocycles. The van der Waals surface area contributed by atoms with Gasteiger partial charge in [-0.1, -0.05) is 60.7 Å². The van der Waals surface area contributed by atoms with Crippen molar-refractivity contribution in [3.05, 3.63) is 34.3 Å². The molecular weight excluding hydrogens is 262 g/mol. The van der Waals surface area contributed by atoms with Gasteiger partial charge in [0.25, 0.3) is 0 Å². The molecule has 2 heteroatoms. The maximum Gasteiger partial charge on any atom is 0.0178 e. The van der Waals surface area contributed by atoms with Crippen molar-refractivity contribution in [2.75, 3.05) is 0 Å². The fraction of sp³-hybridized carbons (Fsp3) is 0.571. The average Bonchev–Trinajstić information content (AvgIpc) is 2.24. The molecule has 1 atom stereocenters. The van der Waals surface area contributed by atoms with Crippen LogP contribution in [0.25, 0.3) is 0 Å². The van der Waals surface area contributed by atoms with E-state index in [1.54, 1.807) is 0 Å². The van der Waals surface area contributed by atoms with E-state index in [0.29, 0.717) is 6.04 Å². The van der Waals surface area contributed by atoms with Gasteiger partial charge in [0, 0.05) is 10.5 Å². The van der Waals surface area contributed by atoms with Crippen LogP contribution in [-0.4, -0.2) is 6.04 Å². The lowest BCUT2D eigenvalue weighted by molar-refractivity contribution is 0.546. The minimum Gasteiger partial charge on any atom is -0.327 e. The van der Waals surface area contributed by atoms with E-state index < -0.39 is 0 Å². The van der Waals surface area contributed by atoms with E-state index in [0.717, 1.165) is 17.3 Å². The molecule has 1 rings (SSSR count). The van der Waals surface area contributed by atoms with Crippen molar-refractivity contribution >= 4 is 15.9 Å². The Hall–Kier alpha value is -0.340. The number of benzene rings is 1. The molecule has 1 aromatic carbocycles. The monoisotopic (exact) mass is 283 g/mol. The smallest absolute Gasteiger partial charge is 0.0178 e. The Morgan fingerprint density at radius 2 is 2.06 bits per heavy atom. The molecule has 1 unspecified atom stereocenters. The van der Waals surface area contributed by atoms with Crippen molar-refractivity contribution in [1.82, 2.24) is 0 Å². The first-order valence-corrected chi connectivity index (χ1v) is 7.01. The Labute approximate surface area is 108 Å².